The first-order valence-electron chi connectivity index (χ1n) is 3.92. The second kappa shape index (κ2) is 7.39. The molecule has 0 heterocycles. The van der Waals surface area contributed by atoms with E-state index >= 15 is 0 Å². The Labute approximate surface area is 88.6 Å². The lowest BCUT2D eigenvalue weighted by Gasteiger charge is -2.23. The molecule has 0 aliphatic heterocycles. The van der Waals surface area contributed by atoms with Crippen LogP contribution in [0.2, 0.25) is 0 Å². The van der Waals surface area contributed by atoms with Crippen LogP contribution in [-0.2, 0) is 4.79 Å². The zero-order chi connectivity index (χ0) is 13.4. The van der Waals surface area contributed by atoms with Gasteiger partial charge in [-0.15, -0.1) is 0 Å². The molecular weight excluding hydrogens is 237 g/mol. The van der Waals surface area contributed by atoms with Gasteiger partial charge in [-0.1, -0.05) is 0 Å². The fourth-order valence-corrected chi connectivity index (χ4v) is 0.300. The molecule has 0 aliphatic rings. The third-order valence-electron chi connectivity index (χ3n) is 1.58. The Morgan fingerprint density at radius 1 is 0.875 bits per heavy atom. The largest absolute Gasteiger partial charge is 0.490 e. The molecule has 0 saturated carbocycles. The van der Waals surface area contributed by atoms with E-state index in [4.69, 9.17) is 30.3 Å². The van der Waals surface area contributed by atoms with E-state index in [2.05, 4.69) is 0 Å². The van der Waals surface area contributed by atoms with Crippen LogP contribution < -0.4 is 0 Å². The molecule has 0 bridgehead atoms. The van der Waals surface area contributed by atoms with Crippen molar-refractivity contribution in [2.75, 3.05) is 26.4 Å². The maximum Gasteiger partial charge on any atom is 0.490 e. The highest BCUT2D eigenvalue weighted by molar-refractivity contribution is 5.73. The van der Waals surface area contributed by atoms with Gasteiger partial charge in [0.05, 0.1) is 31.8 Å². The molecule has 98 valence electrons. The van der Waals surface area contributed by atoms with E-state index in [9.17, 15) is 13.2 Å². The monoisotopic (exact) mass is 250 g/mol. The summed E-state index contributed by atoms with van der Waals surface area (Å²) in [5, 5.41) is 41.1. The summed E-state index contributed by atoms with van der Waals surface area (Å²) in [6.07, 6.45) is -5.08. The first kappa shape index (κ1) is 17.5. The maximum absolute atomic E-state index is 10.6. The molecule has 16 heavy (non-hydrogen) atoms. The zero-order valence-corrected chi connectivity index (χ0v) is 8.11. The van der Waals surface area contributed by atoms with Crippen LogP contribution >= 0.6 is 0 Å². The van der Waals surface area contributed by atoms with Crippen LogP contribution in [-0.4, -0.2) is 64.1 Å². The second-order valence-corrected chi connectivity index (χ2v) is 2.94. The molecule has 0 radical (unpaired) electrons. The number of hydrogen-bond acceptors (Lipinski definition) is 5. The highest BCUT2D eigenvalue weighted by Gasteiger charge is 2.38. The minimum absolute atomic E-state index is 0.406. The molecule has 0 amide bonds. The van der Waals surface area contributed by atoms with Gasteiger partial charge in [0.25, 0.3) is 0 Å². The Hall–Kier alpha value is -0.900. The summed E-state index contributed by atoms with van der Waals surface area (Å²) in [5.41, 5.74) is -1.11. The summed E-state index contributed by atoms with van der Waals surface area (Å²) in [4.78, 5) is 8.90. The fourth-order valence-electron chi connectivity index (χ4n) is 0.300. The van der Waals surface area contributed by atoms with E-state index < -0.39 is 44.0 Å². The summed E-state index contributed by atoms with van der Waals surface area (Å²) in [6.45, 7) is -1.62. The van der Waals surface area contributed by atoms with E-state index in [1.54, 1.807) is 0 Å². The summed E-state index contributed by atoms with van der Waals surface area (Å²) in [7, 11) is 0. The Bertz CT molecular complexity index is 183. The van der Waals surface area contributed by atoms with E-state index in [0.29, 0.717) is 0 Å². The second-order valence-electron chi connectivity index (χ2n) is 2.94. The molecule has 0 aromatic heterocycles. The molecule has 0 aromatic rings. The summed E-state index contributed by atoms with van der Waals surface area (Å²) in [5.74, 6) is -2.76. The van der Waals surface area contributed by atoms with Crippen LogP contribution in [0, 0.1) is 5.41 Å². The first-order chi connectivity index (χ1) is 7.19. The van der Waals surface area contributed by atoms with Gasteiger partial charge in [-0.2, -0.15) is 13.2 Å². The van der Waals surface area contributed by atoms with E-state index in [-0.39, 0.29) is 0 Å². The van der Waals surface area contributed by atoms with Gasteiger partial charge in [-0.25, -0.2) is 4.79 Å². The third kappa shape index (κ3) is 6.56. The minimum Gasteiger partial charge on any atom is -0.475 e. The smallest absolute Gasteiger partial charge is 0.475 e. The van der Waals surface area contributed by atoms with Crippen LogP contribution in [0.3, 0.4) is 0 Å². The average molecular weight is 250 g/mol. The Morgan fingerprint density at radius 3 is 1.06 bits per heavy atom. The molecule has 0 rings (SSSR count). The zero-order valence-electron chi connectivity index (χ0n) is 8.11. The van der Waals surface area contributed by atoms with Gasteiger partial charge in [-0.05, 0) is 0 Å². The van der Waals surface area contributed by atoms with Gasteiger partial charge in [0.1, 0.15) is 0 Å². The standard InChI is InChI=1S/C5H12O4.C2HF3O2/c6-1-5(2-7,3-8)4-9;3-2(4,5)1(6)7/h6-9H,1-4H2;(H,6,7). The molecule has 0 spiro atoms. The molecule has 6 nitrogen and oxygen atoms in total. The van der Waals surface area contributed by atoms with Crippen molar-refractivity contribution in [3.8, 4) is 0 Å². The minimum atomic E-state index is -5.08. The number of carboxylic acid groups (broad SMARTS) is 1. The lowest BCUT2D eigenvalue weighted by molar-refractivity contribution is -0.192. The van der Waals surface area contributed by atoms with Crippen molar-refractivity contribution >= 4 is 5.97 Å². The van der Waals surface area contributed by atoms with Crippen molar-refractivity contribution in [2.24, 2.45) is 5.41 Å². The molecule has 0 unspecified atom stereocenters. The topological polar surface area (TPSA) is 118 Å². The number of aliphatic hydroxyl groups excluding tert-OH is 4. The molecule has 0 fully saturated rings. The third-order valence-corrected chi connectivity index (χ3v) is 1.58. The number of alkyl halides is 3. The molecule has 5 N–H and O–H groups in total. The normalized spacial score (nSPS) is 11.7. The Balaban J connectivity index is 0. The number of halogens is 3. The van der Waals surface area contributed by atoms with Gasteiger partial charge in [0.2, 0.25) is 0 Å². The van der Waals surface area contributed by atoms with Crippen molar-refractivity contribution in [1.29, 1.82) is 0 Å². The molecule has 9 heteroatoms. The van der Waals surface area contributed by atoms with E-state index in [1.165, 1.54) is 0 Å². The summed E-state index contributed by atoms with van der Waals surface area (Å²) < 4.78 is 31.7. The SMILES string of the molecule is O=C(O)C(F)(F)F.OCC(CO)(CO)CO. The number of carboxylic acids is 1. The van der Waals surface area contributed by atoms with Crippen molar-refractivity contribution in [3.63, 3.8) is 0 Å². The van der Waals surface area contributed by atoms with Crippen LogP contribution in [0.4, 0.5) is 13.2 Å². The molecule has 0 aromatic carbocycles. The number of aliphatic carboxylic acids is 1. The van der Waals surface area contributed by atoms with Crippen molar-refractivity contribution < 1.29 is 43.5 Å². The van der Waals surface area contributed by atoms with E-state index in [0.717, 1.165) is 0 Å². The van der Waals surface area contributed by atoms with Crippen molar-refractivity contribution in [2.45, 2.75) is 6.18 Å². The molecule has 0 aliphatic carbocycles. The van der Waals surface area contributed by atoms with Crippen LogP contribution in [0.5, 0.6) is 0 Å². The van der Waals surface area contributed by atoms with Gasteiger partial charge < -0.3 is 25.5 Å². The number of aliphatic hydroxyl groups is 4. The number of rotatable bonds is 4. The lowest BCUT2D eigenvalue weighted by atomic mass is 9.93. The average Bonchev–Trinajstić information content (AvgIpc) is 2.21. The number of carbonyl (C=O) groups is 1. The van der Waals surface area contributed by atoms with Gasteiger partial charge in [0, 0.05) is 0 Å². The van der Waals surface area contributed by atoms with Crippen LogP contribution in [0.15, 0.2) is 0 Å². The van der Waals surface area contributed by atoms with Crippen molar-refractivity contribution in [1.82, 2.24) is 0 Å². The van der Waals surface area contributed by atoms with Crippen LogP contribution in [0.25, 0.3) is 0 Å². The quantitative estimate of drug-likeness (QED) is 0.417. The van der Waals surface area contributed by atoms with Gasteiger partial charge in [0.15, 0.2) is 0 Å². The highest BCUT2D eigenvalue weighted by atomic mass is 19.4. The van der Waals surface area contributed by atoms with Crippen LogP contribution in [0.1, 0.15) is 0 Å². The Morgan fingerprint density at radius 2 is 1.06 bits per heavy atom. The predicted molar refractivity (Wildman–Crippen MR) is 44.5 cm³/mol. The van der Waals surface area contributed by atoms with E-state index in [1.807, 2.05) is 0 Å². The Kier molecular flexibility index (Phi) is 8.08. The molecular formula is C7H13F3O6. The highest BCUT2D eigenvalue weighted by Crippen LogP contribution is 2.13. The van der Waals surface area contributed by atoms with Gasteiger partial charge in [-0.3, -0.25) is 0 Å². The molecule has 0 atom stereocenters. The van der Waals surface area contributed by atoms with Gasteiger partial charge >= 0.3 is 12.1 Å². The predicted octanol–water partition coefficient (Wildman–Crippen LogP) is -1.42. The summed E-state index contributed by atoms with van der Waals surface area (Å²) >= 11 is 0. The maximum atomic E-state index is 10.6. The first-order valence-corrected chi connectivity index (χ1v) is 3.92. The fraction of sp³-hybridized carbons (Fsp3) is 0.857. The molecule has 0 saturated heterocycles. The lowest BCUT2D eigenvalue weighted by Crippen LogP contribution is -2.37. The number of hydrogen-bond donors (Lipinski definition) is 5. The summed E-state index contributed by atoms with van der Waals surface area (Å²) in [6, 6.07) is 0. The van der Waals surface area contributed by atoms with Crippen molar-refractivity contribution in [3.05, 3.63) is 0 Å².